The third-order valence-corrected chi connectivity index (χ3v) is 3.89. The summed E-state index contributed by atoms with van der Waals surface area (Å²) < 4.78 is 0. The average Bonchev–Trinajstić information content (AvgIpc) is 2.82. The zero-order valence-electron chi connectivity index (χ0n) is 11.2. The Morgan fingerprint density at radius 2 is 2.24 bits per heavy atom. The highest BCUT2D eigenvalue weighted by Crippen LogP contribution is 2.27. The van der Waals surface area contributed by atoms with E-state index in [-0.39, 0.29) is 0 Å². The molecule has 1 saturated heterocycles. The van der Waals surface area contributed by atoms with Crippen LogP contribution in [-0.2, 0) is 0 Å². The molecule has 1 aliphatic rings. The first kappa shape index (κ1) is 12.6. The fraction of sp³-hybridized carbons (Fsp3) is 0.600. The Labute approximate surface area is 105 Å². The lowest BCUT2D eigenvalue weighted by atomic mass is 9.91. The molecule has 0 aliphatic carbocycles. The van der Waals surface area contributed by atoms with E-state index in [2.05, 4.69) is 49.7 Å². The first-order valence-electron chi connectivity index (χ1n) is 6.66. The van der Waals surface area contributed by atoms with Crippen molar-refractivity contribution >= 4 is 0 Å². The molecule has 2 unspecified atom stereocenters. The predicted octanol–water partition coefficient (Wildman–Crippen LogP) is 2.56. The van der Waals surface area contributed by atoms with Crippen LogP contribution in [0.15, 0.2) is 18.2 Å². The third kappa shape index (κ3) is 3.08. The fourth-order valence-corrected chi connectivity index (χ4v) is 2.78. The summed E-state index contributed by atoms with van der Waals surface area (Å²) in [4.78, 5) is 0. The van der Waals surface area contributed by atoms with Crippen LogP contribution in [-0.4, -0.2) is 20.1 Å². The van der Waals surface area contributed by atoms with Crippen LogP contribution in [0.4, 0.5) is 0 Å². The van der Waals surface area contributed by atoms with Gasteiger partial charge in [-0.1, -0.05) is 23.8 Å². The molecule has 0 bridgehead atoms. The molecule has 1 fully saturated rings. The van der Waals surface area contributed by atoms with Gasteiger partial charge in [-0.2, -0.15) is 0 Å². The van der Waals surface area contributed by atoms with Crippen LogP contribution in [0.2, 0.25) is 0 Å². The Morgan fingerprint density at radius 3 is 2.88 bits per heavy atom. The minimum atomic E-state index is 0.500. The average molecular weight is 232 g/mol. The first-order chi connectivity index (χ1) is 8.20. The van der Waals surface area contributed by atoms with Crippen molar-refractivity contribution < 1.29 is 0 Å². The van der Waals surface area contributed by atoms with Crippen LogP contribution >= 0.6 is 0 Å². The molecule has 0 saturated carbocycles. The normalized spacial score (nSPS) is 21.7. The molecule has 0 spiro atoms. The van der Waals surface area contributed by atoms with Gasteiger partial charge in [0.1, 0.15) is 0 Å². The van der Waals surface area contributed by atoms with Gasteiger partial charge in [0, 0.05) is 6.04 Å². The molecule has 1 aliphatic heterocycles. The van der Waals surface area contributed by atoms with Crippen molar-refractivity contribution in [1.82, 2.24) is 10.6 Å². The van der Waals surface area contributed by atoms with E-state index >= 15 is 0 Å². The van der Waals surface area contributed by atoms with E-state index in [1.165, 1.54) is 42.6 Å². The van der Waals surface area contributed by atoms with E-state index in [9.17, 15) is 0 Å². The van der Waals surface area contributed by atoms with Gasteiger partial charge in [-0.05, 0) is 63.9 Å². The summed E-state index contributed by atoms with van der Waals surface area (Å²) in [6.45, 7) is 6.76. The van der Waals surface area contributed by atoms with Gasteiger partial charge in [0.15, 0.2) is 0 Å². The smallest absolute Gasteiger partial charge is 0.0323 e. The third-order valence-electron chi connectivity index (χ3n) is 3.89. The molecule has 0 radical (unpaired) electrons. The Kier molecular flexibility index (Phi) is 4.19. The minimum absolute atomic E-state index is 0.500. The molecule has 1 aromatic carbocycles. The highest BCUT2D eigenvalue weighted by Gasteiger charge is 2.20. The van der Waals surface area contributed by atoms with Crippen LogP contribution in [0.5, 0.6) is 0 Å². The van der Waals surface area contributed by atoms with Gasteiger partial charge >= 0.3 is 0 Å². The zero-order chi connectivity index (χ0) is 12.3. The summed E-state index contributed by atoms with van der Waals surface area (Å²) >= 11 is 0. The lowest BCUT2D eigenvalue weighted by Gasteiger charge is -2.22. The molecule has 2 rings (SSSR count). The largest absolute Gasteiger partial charge is 0.316 e. The highest BCUT2D eigenvalue weighted by atomic mass is 14.9. The first-order valence-corrected chi connectivity index (χ1v) is 6.66. The van der Waals surface area contributed by atoms with Crippen LogP contribution in [0.1, 0.15) is 35.6 Å². The number of nitrogens with one attached hydrogen (secondary N) is 2. The molecule has 2 heteroatoms. The summed E-state index contributed by atoms with van der Waals surface area (Å²) in [6, 6.07) is 7.27. The molecular formula is C15H24N2. The second kappa shape index (κ2) is 5.65. The van der Waals surface area contributed by atoms with Gasteiger partial charge in [0.2, 0.25) is 0 Å². The highest BCUT2D eigenvalue weighted by molar-refractivity contribution is 5.33. The molecule has 94 valence electrons. The molecule has 2 N–H and O–H groups in total. The predicted molar refractivity (Wildman–Crippen MR) is 73.3 cm³/mol. The molecule has 1 heterocycles. The molecular weight excluding hydrogens is 208 g/mol. The van der Waals surface area contributed by atoms with Crippen LogP contribution in [0, 0.1) is 19.8 Å². The van der Waals surface area contributed by atoms with E-state index < -0.39 is 0 Å². The minimum Gasteiger partial charge on any atom is -0.316 e. The standard InChI is InChI=1S/C15H24N2/c1-11-4-5-12(2)14(8-11)15(16-3)9-13-6-7-17-10-13/h4-5,8,13,15-17H,6-7,9-10H2,1-3H3. The van der Waals surface area contributed by atoms with Gasteiger partial charge in [0.25, 0.3) is 0 Å². The van der Waals surface area contributed by atoms with Gasteiger partial charge in [-0.3, -0.25) is 0 Å². The molecule has 2 atom stereocenters. The second-order valence-corrected chi connectivity index (χ2v) is 5.30. The summed E-state index contributed by atoms with van der Waals surface area (Å²) in [7, 11) is 2.08. The molecule has 1 aromatic rings. The van der Waals surface area contributed by atoms with Crippen molar-refractivity contribution in [2.24, 2.45) is 5.92 Å². The maximum Gasteiger partial charge on any atom is 0.0323 e. The van der Waals surface area contributed by atoms with Crippen molar-refractivity contribution in [3.63, 3.8) is 0 Å². The lowest BCUT2D eigenvalue weighted by molar-refractivity contribution is 0.429. The fourth-order valence-electron chi connectivity index (χ4n) is 2.78. The summed E-state index contributed by atoms with van der Waals surface area (Å²) in [5.41, 5.74) is 4.23. The molecule has 0 aromatic heterocycles. The van der Waals surface area contributed by atoms with Gasteiger partial charge in [-0.25, -0.2) is 0 Å². The van der Waals surface area contributed by atoms with Crippen LogP contribution in [0.25, 0.3) is 0 Å². The van der Waals surface area contributed by atoms with E-state index in [4.69, 9.17) is 0 Å². The topological polar surface area (TPSA) is 24.1 Å². The van der Waals surface area contributed by atoms with Crippen molar-refractivity contribution in [2.75, 3.05) is 20.1 Å². The Hall–Kier alpha value is -0.860. The van der Waals surface area contributed by atoms with Crippen molar-refractivity contribution in [1.29, 1.82) is 0 Å². The summed E-state index contributed by atoms with van der Waals surface area (Å²) in [5, 5.41) is 6.94. The second-order valence-electron chi connectivity index (χ2n) is 5.30. The van der Waals surface area contributed by atoms with Crippen molar-refractivity contribution in [3.05, 3.63) is 34.9 Å². The Balaban J connectivity index is 2.13. The van der Waals surface area contributed by atoms with E-state index in [1.54, 1.807) is 0 Å². The molecule has 0 amide bonds. The Bertz CT molecular complexity index is 367. The summed E-state index contributed by atoms with van der Waals surface area (Å²) in [6.07, 6.45) is 2.57. The Morgan fingerprint density at radius 1 is 1.41 bits per heavy atom. The van der Waals surface area contributed by atoms with Gasteiger partial charge in [0.05, 0.1) is 0 Å². The quantitative estimate of drug-likeness (QED) is 0.833. The van der Waals surface area contributed by atoms with Gasteiger partial charge in [-0.15, -0.1) is 0 Å². The SMILES string of the molecule is CNC(CC1CCNC1)c1cc(C)ccc1C. The van der Waals surface area contributed by atoms with Crippen LogP contribution in [0.3, 0.4) is 0 Å². The maximum absolute atomic E-state index is 3.49. The monoisotopic (exact) mass is 232 g/mol. The van der Waals surface area contributed by atoms with Gasteiger partial charge < -0.3 is 10.6 Å². The van der Waals surface area contributed by atoms with E-state index in [1.807, 2.05) is 0 Å². The molecule has 17 heavy (non-hydrogen) atoms. The number of hydrogen-bond donors (Lipinski definition) is 2. The maximum atomic E-state index is 3.49. The van der Waals surface area contributed by atoms with Crippen LogP contribution < -0.4 is 10.6 Å². The number of hydrogen-bond acceptors (Lipinski definition) is 2. The number of rotatable bonds is 4. The lowest BCUT2D eigenvalue weighted by Crippen LogP contribution is -2.22. The number of aryl methyl sites for hydroxylation is 2. The van der Waals surface area contributed by atoms with E-state index in [0.717, 1.165) is 5.92 Å². The zero-order valence-corrected chi connectivity index (χ0v) is 11.2. The van der Waals surface area contributed by atoms with E-state index in [0.29, 0.717) is 6.04 Å². The molecule has 2 nitrogen and oxygen atoms in total. The van der Waals surface area contributed by atoms with Crippen molar-refractivity contribution in [2.45, 2.75) is 32.7 Å². The van der Waals surface area contributed by atoms with Crippen molar-refractivity contribution in [3.8, 4) is 0 Å². The summed E-state index contributed by atoms with van der Waals surface area (Å²) in [5.74, 6) is 0.826. The number of benzene rings is 1.